The molecule has 0 fully saturated rings. The van der Waals surface area contributed by atoms with Crippen LogP contribution in [0.1, 0.15) is 21.1 Å². The highest BCUT2D eigenvalue weighted by Crippen LogP contribution is 2.30. The predicted molar refractivity (Wildman–Crippen MR) is 106 cm³/mol. The lowest BCUT2D eigenvalue weighted by Crippen LogP contribution is -2.12. The number of benzene rings is 2. The number of nitro benzene ring substituents is 1. The lowest BCUT2D eigenvalue weighted by Gasteiger charge is -2.06. The molecule has 0 atom stereocenters. The first kappa shape index (κ1) is 19.3. The van der Waals surface area contributed by atoms with Gasteiger partial charge in [-0.05, 0) is 29.8 Å². The summed E-state index contributed by atoms with van der Waals surface area (Å²) in [6.45, 7) is 0. The van der Waals surface area contributed by atoms with Gasteiger partial charge in [0.1, 0.15) is 11.4 Å². The summed E-state index contributed by atoms with van der Waals surface area (Å²) in [5, 5.41) is 16.2. The number of hydrogen-bond acceptors (Lipinski definition) is 7. The van der Waals surface area contributed by atoms with E-state index >= 15 is 0 Å². The third-order valence-electron chi connectivity index (χ3n) is 3.93. The third-order valence-corrected chi connectivity index (χ3v) is 4.78. The number of rotatable bonds is 7. The van der Waals surface area contributed by atoms with Crippen molar-refractivity contribution >= 4 is 28.6 Å². The van der Waals surface area contributed by atoms with Gasteiger partial charge in [-0.1, -0.05) is 12.1 Å². The van der Waals surface area contributed by atoms with Crippen molar-refractivity contribution < 1.29 is 19.2 Å². The maximum atomic E-state index is 12.4. The van der Waals surface area contributed by atoms with Gasteiger partial charge in [0.25, 0.3) is 5.91 Å². The van der Waals surface area contributed by atoms with E-state index in [2.05, 4.69) is 10.3 Å². The van der Waals surface area contributed by atoms with E-state index in [1.165, 1.54) is 36.6 Å². The van der Waals surface area contributed by atoms with Crippen molar-refractivity contribution in [3.63, 3.8) is 0 Å². The molecule has 28 heavy (non-hydrogen) atoms. The fraction of sp³-hybridized carbons (Fsp3) is 0.158. The summed E-state index contributed by atoms with van der Waals surface area (Å²) in [5.41, 5.74) is 1.38. The Kier molecular flexibility index (Phi) is 5.85. The van der Waals surface area contributed by atoms with Crippen LogP contribution in [-0.4, -0.2) is 30.0 Å². The summed E-state index contributed by atoms with van der Waals surface area (Å²) in [6.07, 6.45) is 0.593. The first-order valence-corrected chi connectivity index (χ1v) is 9.09. The van der Waals surface area contributed by atoms with E-state index in [0.717, 1.165) is 16.3 Å². The standard InChI is InChI=1S/C19H17N3O5S/c1-26-14-6-3-12(4-7-14)9-18-21-15(11-28-18)19(23)20-13-5-8-17(27-2)16(10-13)22(24)25/h3-8,10-11H,9H2,1-2H3,(H,20,23). The minimum Gasteiger partial charge on any atom is -0.497 e. The summed E-state index contributed by atoms with van der Waals surface area (Å²) in [5.74, 6) is 0.465. The molecule has 0 radical (unpaired) electrons. The van der Waals surface area contributed by atoms with Gasteiger partial charge >= 0.3 is 5.69 Å². The molecule has 0 spiro atoms. The Bertz CT molecular complexity index is 1000. The molecule has 0 saturated heterocycles. The molecule has 1 aromatic heterocycles. The first-order chi connectivity index (χ1) is 13.5. The first-order valence-electron chi connectivity index (χ1n) is 8.21. The van der Waals surface area contributed by atoms with Crippen molar-refractivity contribution in [1.29, 1.82) is 0 Å². The van der Waals surface area contributed by atoms with Crippen molar-refractivity contribution in [1.82, 2.24) is 4.98 Å². The van der Waals surface area contributed by atoms with E-state index in [1.807, 2.05) is 24.3 Å². The number of aromatic nitrogens is 1. The maximum Gasteiger partial charge on any atom is 0.312 e. The smallest absolute Gasteiger partial charge is 0.312 e. The van der Waals surface area contributed by atoms with Crippen molar-refractivity contribution in [2.24, 2.45) is 0 Å². The summed E-state index contributed by atoms with van der Waals surface area (Å²) in [7, 11) is 2.96. The topological polar surface area (TPSA) is 104 Å². The normalized spacial score (nSPS) is 10.4. The highest BCUT2D eigenvalue weighted by atomic mass is 32.1. The summed E-state index contributed by atoms with van der Waals surface area (Å²) < 4.78 is 10.1. The van der Waals surface area contributed by atoms with Gasteiger partial charge in [-0.15, -0.1) is 11.3 Å². The van der Waals surface area contributed by atoms with E-state index in [4.69, 9.17) is 9.47 Å². The Hall–Kier alpha value is -3.46. The van der Waals surface area contributed by atoms with Crippen molar-refractivity contribution in [2.75, 3.05) is 19.5 Å². The van der Waals surface area contributed by atoms with Gasteiger partial charge in [-0.2, -0.15) is 0 Å². The zero-order valence-electron chi connectivity index (χ0n) is 15.2. The second-order valence-corrected chi connectivity index (χ2v) is 6.69. The average molecular weight is 399 g/mol. The van der Waals surface area contributed by atoms with Crippen LogP contribution in [-0.2, 0) is 6.42 Å². The average Bonchev–Trinajstić information content (AvgIpc) is 3.17. The van der Waals surface area contributed by atoms with Gasteiger partial charge in [0.05, 0.1) is 24.2 Å². The lowest BCUT2D eigenvalue weighted by atomic mass is 10.1. The van der Waals surface area contributed by atoms with E-state index in [-0.39, 0.29) is 17.1 Å². The minimum atomic E-state index is -0.565. The van der Waals surface area contributed by atoms with Crippen molar-refractivity contribution in [2.45, 2.75) is 6.42 Å². The van der Waals surface area contributed by atoms with Crippen LogP contribution in [0, 0.1) is 10.1 Å². The molecular weight excluding hydrogens is 382 g/mol. The molecule has 2 aromatic carbocycles. The van der Waals surface area contributed by atoms with Gasteiger partial charge in [0.2, 0.25) is 0 Å². The number of amides is 1. The Morgan fingerprint density at radius 1 is 1.18 bits per heavy atom. The Morgan fingerprint density at radius 3 is 2.57 bits per heavy atom. The molecule has 3 aromatic rings. The SMILES string of the molecule is COc1ccc(Cc2nc(C(=O)Nc3ccc(OC)c([N+](=O)[O-])c3)cs2)cc1. The molecule has 1 heterocycles. The molecule has 0 saturated carbocycles. The fourth-order valence-corrected chi connectivity index (χ4v) is 3.33. The number of anilines is 1. The maximum absolute atomic E-state index is 12.4. The second kappa shape index (κ2) is 8.49. The highest BCUT2D eigenvalue weighted by Gasteiger charge is 2.17. The molecule has 8 nitrogen and oxygen atoms in total. The third kappa shape index (κ3) is 4.44. The zero-order valence-corrected chi connectivity index (χ0v) is 16.0. The monoisotopic (exact) mass is 399 g/mol. The van der Waals surface area contributed by atoms with Crippen molar-refractivity contribution in [3.05, 3.63) is 74.2 Å². The van der Waals surface area contributed by atoms with Crippen molar-refractivity contribution in [3.8, 4) is 11.5 Å². The molecule has 3 rings (SSSR count). The Morgan fingerprint density at radius 2 is 1.93 bits per heavy atom. The van der Waals surface area contributed by atoms with Gasteiger partial charge in [-0.3, -0.25) is 14.9 Å². The number of carbonyl (C=O) groups excluding carboxylic acids is 1. The number of methoxy groups -OCH3 is 2. The predicted octanol–water partition coefficient (Wildman–Crippen LogP) is 3.91. The number of ether oxygens (including phenoxy) is 2. The van der Waals surface area contributed by atoms with Gasteiger partial charge in [0, 0.05) is 23.6 Å². The zero-order chi connectivity index (χ0) is 20.1. The summed E-state index contributed by atoms with van der Waals surface area (Å²) in [4.78, 5) is 27.3. The van der Waals surface area contributed by atoms with E-state index in [0.29, 0.717) is 12.1 Å². The van der Waals surface area contributed by atoms with E-state index in [1.54, 1.807) is 12.5 Å². The van der Waals surface area contributed by atoms with Gasteiger partial charge < -0.3 is 14.8 Å². The van der Waals surface area contributed by atoms with E-state index < -0.39 is 10.8 Å². The summed E-state index contributed by atoms with van der Waals surface area (Å²) >= 11 is 1.38. The molecule has 0 aliphatic carbocycles. The molecule has 144 valence electrons. The number of hydrogen-bond donors (Lipinski definition) is 1. The van der Waals surface area contributed by atoms with Crippen LogP contribution < -0.4 is 14.8 Å². The fourth-order valence-electron chi connectivity index (χ4n) is 2.52. The number of nitro groups is 1. The summed E-state index contributed by atoms with van der Waals surface area (Å²) in [6, 6.07) is 11.8. The lowest BCUT2D eigenvalue weighted by molar-refractivity contribution is -0.385. The second-order valence-electron chi connectivity index (χ2n) is 5.75. The molecule has 0 unspecified atom stereocenters. The van der Waals surface area contributed by atoms with Crippen LogP contribution in [0.25, 0.3) is 0 Å². The number of nitrogens with zero attached hydrogens (tertiary/aromatic N) is 2. The van der Waals surface area contributed by atoms with Crippen LogP contribution >= 0.6 is 11.3 Å². The molecule has 0 aliphatic heterocycles. The number of thiazole rings is 1. The number of nitrogens with one attached hydrogen (secondary N) is 1. The van der Waals surface area contributed by atoms with Gasteiger partial charge in [-0.25, -0.2) is 4.98 Å². The van der Waals surface area contributed by atoms with Gasteiger partial charge in [0.15, 0.2) is 5.75 Å². The molecule has 0 aliphatic rings. The molecule has 1 N–H and O–H groups in total. The van der Waals surface area contributed by atoms with Crippen LogP contribution in [0.3, 0.4) is 0 Å². The minimum absolute atomic E-state index is 0.124. The van der Waals surface area contributed by atoms with Crippen LogP contribution in [0.4, 0.5) is 11.4 Å². The Labute approximate surface area is 164 Å². The molecule has 1 amide bonds. The quantitative estimate of drug-likeness (QED) is 0.477. The molecular formula is C19H17N3O5S. The highest BCUT2D eigenvalue weighted by molar-refractivity contribution is 7.09. The van der Waals surface area contributed by atoms with Crippen LogP contribution in [0.5, 0.6) is 11.5 Å². The Balaban J connectivity index is 1.70. The number of carbonyl (C=O) groups is 1. The van der Waals surface area contributed by atoms with Crippen LogP contribution in [0.15, 0.2) is 47.8 Å². The molecule has 9 heteroatoms. The largest absolute Gasteiger partial charge is 0.497 e. The van der Waals surface area contributed by atoms with Crippen LogP contribution in [0.2, 0.25) is 0 Å². The van der Waals surface area contributed by atoms with E-state index in [9.17, 15) is 14.9 Å². The molecule has 0 bridgehead atoms.